The molecule has 6 heteroatoms. The van der Waals surface area contributed by atoms with E-state index < -0.39 is 17.7 Å². The Morgan fingerprint density at radius 3 is 2.59 bits per heavy atom. The number of benzene rings is 1. The first-order valence-corrected chi connectivity index (χ1v) is 4.89. The number of halogens is 3. The molecule has 1 N–H and O–H groups in total. The highest BCUT2D eigenvalue weighted by Gasteiger charge is 2.35. The van der Waals surface area contributed by atoms with Gasteiger partial charge in [-0.15, -0.1) is 0 Å². The molecule has 0 bridgehead atoms. The smallest absolute Gasteiger partial charge is 0.416 e. The molecule has 0 aromatic heterocycles. The minimum absolute atomic E-state index is 0.0232. The monoisotopic (exact) mass is 243 g/mol. The van der Waals surface area contributed by atoms with Gasteiger partial charge in [0.2, 0.25) is 0 Å². The van der Waals surface area contributed by atoms with Crippen LogP contribution >= 0.6 is 0 Å². The van der Waals surface area contributed by atoms with E-state index in [2.05, 4.69) is 4.99 Å². The van der Waals surface area contributed by atoms with Crippen molar-refractivity contribution in [3.8, 4) is 0 Å². The average molecular weight is 243 g/mol. The number of fused-ring (bicyclic) bond motifs is 1. The summed E-state index contributed by atoms with van der Waals surface area (Å²) in [6.45, 7) is 0. The van der Waals surface area contributed by atoms with Gasteiger partial charge in [0.15, 0.2) is 0 Å². The summed E-state index contributed by atoms with van der Waals surface area (Å²) in [6.07, 6.45) is -4.35. The van der Waals surface area contributed by atoms with Crippen LogP contribution in [0.5, 0.6) is 0 Å². The van der Waals surface area contributed by atoms with E-state index in [0.29, 0.717) is 0 Å². The molecule has 90 valence electrons. The standard InChI is InChI=1S/C11H8F3NO2/c12-11(13,14)7-2-1-3-8-6(7)4-5-9(15-8)10(16)17/h1-3H,4-5H2,(H,16,17). The molecule has 0 radical (unpaired) electrons. The molecule has 17 heavy (non-hydrogen) atoms. The van der Waals surface area contributed by atoms with Gasteiger partial charge in [-0.05, 0) is 24.1 Å². The molecule has 1 aromatic carbocycles. The van der Waals surface area contributed by atoms with Crippen LogP contribution in [0.15, 0.2) is 23.2 Å². The molecule has 0 aliphatic carbocycles. The van der Waals surface area contributed by atoms with Crippen LogP contribution in [0.3, 0.4) is 0 Å². The molecule has 1 aliphatic heterocycles. The summed E-state index contributed by atoms with van der Waals surface area (Å²) in [4.78, 5) is 14.4. The quantitative estimate of drug-likeness (QED) is 0.824. The third-order valence-corrected chi connectivity index (χ3v) is 2.57. The van der Waals surface area contributed by atoms with Crippen LogP contribution in [0.1, 0.15) is 17.5 Å². The van der Waals surface area contributed by atoms with Crippen LogP contribution in [0.25, 0.3) is 0 Å². The highest BCUT2D eigenvalue weighted by Crippen LogP contribution is 2.38. The Kier molecular flexibility index (Phi) is 2.65. The Morgan fingerprint density at radius 1 is 1.29 bits per heavy atom. The maximum Gasteiger partial charge on any atom is 0.416 e. The molecule has 3 nitrogen and oxygen atoms in total. The summed E-state index contributed by atoms with van der Waals surface area (Å²) in [5, 5.41) is 8.74. The lowest BCUT2D eigenvalue weighted by Crippen LogP contribution is -2.19. The van der Waals surface area contributed by atoms with Gasteiger partial charge in [-0.1, -0.05) is 6.07 Å². The Hall–Kier alpha value is -1.85. The SMILES string of the molecule is O=C(O)C1=Nc2cccc(C(F)(F)F)c2CC1. The van der Waals surface area contributed by atoms with Crippen LogP contribution in [-0.4, -0.2) is 16.8 Å². The molecule has 1 aliphatic rings. The second kappa shape index (κ2) is 3.87. The summed E-state index contributed by atoms with van der Waals surface area (Å²) < 4.78 is 38.0. The number of carboxylic acids is 1. The van der Waals surface area contributed by atoms with E-state index in [-0.39, 0.29) is 29.8 Å². The fourth-order valence-corrected chi connectivity index (χ4v) is 1.81. The van der Waals surface area contributed by atoms with E-state index in [1.165, 1.54) is 12.1 Å². The zero-order valence-electron chi connectivity index (χ0n) is 8.58. The Bertz CT molecular complexity index is 506. The van der Waals surface area contributed by atoms with E-state index in [1.807, 2.05) is 0 Å². The molecular formula is C11H8F3NO2. The largest absolute Gasteiger partial charge is 0.477 e. The van der Waals surface area contributed by atoms with Crippen LogP contribution in [-0.2, 0) is 17.4 Å². The van der Waals surface area contributed by atoms with E-state index >= 15 is 0 Å². The van der Waals surface area contributed by atoms with Gasteiger partial charge in [-0.2, -0.15) is 13.2 Å². The van der Waals surface area contributed by atoms with Gasteiger partial charge in [0.25, 0.3) is 0 Å². The number of aliphatic carboxylic acids is 1. The molecule has 0 spiro atoms. The second-order valence-electron chi connectivity index (χ2n) is 3.66. The minimum Gasteiger partial charge on any atom is -0.477 e. The van der Waals surface area contributed by atoms with Crippen molar-refractivity contribution in [2.24, 2.45) is 4.99 Å². The molecule has 0 fully saturated rings. The lowest BCUT2D eigenvalue weighted by molar-refractivity contribution is -0.138. The summed E-state index contributed by atoms with van der Waals surface area (Å²) in [5.41, 5.74) is -0.659. The molecular weight excluding hydrogens is 235 g/mol. The Balaban J connectivity index is 2.53. The van der Waals surface area contributed by atoms with Crippen molar-refractivity contribution in [3.63, 3.8) is 0 Å². The third kappa shape index (κ3) is 2.15. The van der Waals surface area contributed by atoms with Crippen molar-refractivity contribution in [2.75, 3.05) is 0 Å². The second-order valence-corrected chi connectivity index (χ2v) is 3.66. The van der Waals surface area contributed by atoms with E-state index in [4.69, 9.17) is 5.11 Å². The highest BCUT2D eigenvalue weighted by molar-refractivity contribution is 6.36. The number of nitrogens with zero attached hydrogens (tertiary/aromatic N) is 1. The molecule has 1 aromatic rings. The number of hydrogen-bond acceptors (Lipinski definition) is 2. The topological polar surface area (TPSA) is 49.7 Å². The van der Waals surface area contributed by atoms with Gasteiger partial charge in [-0.3, -0.25) is 0 Å². The van der Waals surface area contributed by atoms with E-state index in [1.54, 1.807) is 0 Å². The van der Waals surface area contributed by atoms with Crippen LogP contribution in [0, 0.1) is 0 Å². The first-order valence-electron chi connectivity index (χ1n) is 4.89. The number of carboxylic acid groups (broad SMARTS) is 1. The molecule has 0 amide bonds. The minimum atomic E-state index is -4.43. The zero-order valence-corrected chi connectivity index (χ0v) is 8.58. The van der Waals surface area contributed by atoms with E-state index in [9.17, 15) is 18.0 Å². The first-order chi connectivity index (χ1) is 7.89. The van der Waals surface area contributed by atoms with Gasteiger partial charge in [0.05, 0.1) is 11.3 Å². The maximum absolute atomic E-state index is 12.7. The summed E-state index contributed by atoms with van der Waals surface area (Å²) >= 11 is 0. The molecule has 2 rings (SSSR count). The zero-order chi connectivity index (χ0) is 12.6. The van der Waals surface area contributed by atoms with Gasteiger partial charge in [0.1, 0.15) is 5.71 Å². The lowest BCUT2D eigenvalue weighted by Gasteiger charge is -2.18. The van der Waals surface area contributed by atoms with Gasteiger partial charge >= 0.3 is 12.1 Å². The summed E-state index contributed by atoms with van der Waals surface area (Å²) in [6, 6.07) is 3.61. The van der Waals surface area contributed by atoms with Crippen LogP contribution < -0.4 is 0 Å². The van der Waals surface area contributed by atoms with Crippen molar-refractivity contribution in [3.05, 3.63) is 29.3 Å². The number of alkyl halides is 3. The van der Waals surface area contributed by atoms with Crippen molar-refractivity contribution in [1.82, 2.24) is 0 Å². The Labute approximate surface area is 94.6 Å². The molecule has 1 heterocycles. The maximum atomic E-state index is 12.7. The summed E-state index contributed by atoms with van der Waals surface area (Å²) in [7, 11) is 0. The van der Waals surface area contributed by atoms with Gasteiger partial charge in [0, 0.05) is 6.42 Å². The number of hydrogen-bond donors (Lipinski definition) is 1. The van der Waals surface area contributed by atoms with Crippen molar-refractivity contribution >= 4 is 17.4 Å². The van der Waals surface area contributed by atoms with Gasteiger partial charge in [-0.25, -0.2) is 9.79 Å². The van der Waals surface area contributed by atoms with Crippen molar-refractivity contribution in [2.45, 2.75) is 19.0 Å². The predicted molar refractivity (Wildman–Crippen MR) is 54.5 cm³/mol. The highest BCUT2D eigenvalue weighted by atomic mass is 19.4. The first kappa shape index (κ1) is 11.6. The normalized spacial score (nSPS) is 15.1. The molecule has 0 saturated carbocycles. The lowest BCUT2D eigenvalue weighted by atomic mass is 9.96. The van der Waals surface area contributed by atoms with Crippen LogP contribution in [0.4, 0.5) is 18.9 Å². The van der Waals surface area contributed by atoms with Gasteiger partial charge < -0.3 is 5.11 Å². The number of rotatable bonds is 1. The number of carbonyl (C=O) groups is 1. The predicted octanol–water partition coefficient (Wildman–Crippen LogP) is 2.81. The molecule has 0 atom stereocenters. The number of aliphatic imine (C=N–C) groups is 1. The third-order valence-electron chi connectivity index (χ3n) is 2.57. The molecule has 0 saturated heterocycles. The van der Waals surface area contributed by atoms with Crippen LogP contribution in [0.2, 0.25) is 0 Å². The molecule has 0 unspecified atom stereocenters. The fraction of sp³-hybridized carbons (Fsp3) is 0.273. The van der Waals surface area contributed by atoms with Crippen molar-refractivity contribution in [1.29, 1.82) is 0 Å². The Morgan fingerprint density at radius 2 is 2.00 bits per heavy atom. The van der Waals surface area contributed by atoms with Crippen molar-refractivity contribution < 1.29 is 23.1 Å². The summed E-state index contributed by atoms with van der Waals surface area (Å²) in [5.74, 6) is -1.19. The fourth-order valence-electron chi connectivity index (χ4n) is 1.81. The average Bonchev–Trinajstić information content (AvgIpc) is 2.26. The van der Waals surface area contributed by atoms with E-state index in [0.717, 1.165) is 6.07 Å².